The van der Waals surface area contributed by atoms with Gasteiger partial charge in [-0.05, 0) is 24.8 Å². The third kappa shape index (κ3) is 2.81. The summed E-state index contributed by atoms with van der Waals surface area (Å²) in [4.78, 5) is 14.8. The predicted molar refractivity (Wildman–Crippen MR) is 78.6 cm³/mol. The lowest BCUT2D eigenvalue weighted by molar-refractivity contribution is -0.384. The van der Waals surface area contributed by atoms with Crippen LogP contribution in [0.1, 0.15) is 38.2 Å². The third-order valence-corrected chi connectivity index (χ3v) is 4.41. The van der Waals surface area contributed by atoms with E-state index in [0.29, 0.717) is 12.5 Å². The summed E-state index contributed by atoms with van der Waals surface area (Å²) < 4.78 is 0. The molecule has 7 nitrogen and oxygen atoms in total. The van der Waals surface area contributed by atoms with Crippen LogP contribution >= 0.6 is 0 Å². The van der Waals surface area contributed by atoms with Crippen molar-refractivity contribution in [2.45, 2.75) is 38.1 Å². The van der Waals surface area contributed by atoms with Gasteiger partial charge in [-0.1, -0.05) is 19.8 Å². The van der Waals surface area contributed by atoms with Crippen molar-refractivity contribution < 1.29 is 4.92 Å². The molecular weight excluding hydrogens is 270 g/mol. The van der Waals surface area contributed by atoms with Crippen molar-refractivity contribution in [1.29, 1.82) is 5.26 Å². The summed E-state index contributed by atoms with van der Waals surface area (Å²) >= 11 is 0. The summed E-state index contributed by atoms with van der Waals surface area (Å²) in [5, 5.41) is 23.5. The molecule has 0 amide bonds. The van der Waals surface area contributed by atoms with Gasteiger partial charge < -0.3 is 11.1 Å². The first kappa shape index (κ1) is 15.2. The van der Waals surface area contributed by atoms with Crippen molar-refractivity contribution in [2.24, 2.45) is 11.7 Å². The van der Waals surface area contributed by atoms with E-state index in [9.17, 15) is 10.1 Å². The number of nitro groups is 1. The Labute approximate surface area is 123 Å². The minimum atomic E-state index is -0.564. The number of aromatic nitrogens is 1. The molecular formula is C14H19N5O2. The van der Waals surface area contributed by atoms with Crippen LogP contribution in [0.5, 0.6) is 0 Å². The zero-order chi connectivity index (χ0) is 15.5. The lowest BCUT2D eigenvalue weighted by Crippen LogP contribution is -2.52. The van der Waals surface area contributed by atoms with E-state index in [0.717, 1.165) is 25.7 Å². The lowest BCUT2D eigenvalue weighted by Gasteiger charge is -2.42. The molecule has 3 N–H and O–H groups in total. The molecule has 1 aliphatic rings. The fourth-order valence-electron chi connectivity index (χ4n) is 3.01. The minimum absolute atomic E-state index is 0.00753. The van der Waals surface area contributed by atoms with E-state index in [1.54, 1.807) is 0 Å². The van der Waals surface area contributed by atoms with Gasteiger partial charge in [-0.15, -0.1) is 0 Å². The largest absolute Gasteiger partial charge is 0.357 e. The quantitative estimate of drug-likeness (QED) is 0.648. The van der Waals surface area contributed by atoms with Gasteiger partial charge >= 0.3 is 5.69 Å². The SMILES string of the molecule is CC1CCCCC1(CN)Nc1nccc(C#N)c1[N+](=O)[O-]. The molecule has 1 saturated carbocycles. The highest BCUT2D eigenvalue weighted by atomic mass is 16.6. The van der Waals surface area contributed by atoms with E-state index < -0.39 is 10.5 Å². The summed E-state index contributed by atoms with van der Waals surface area (Å²) in [6.07, 6.45) is 5.44. The number of anilines is 1. The highest BCUT2D eigenvalue weighted by Crippen LogP contribution is 2.37. The molecule has 7 heteroatoms. The first-order valence-corrected chi connectivity index (χ1v) is 7.06. The molecule has 1 aromatic heterocycles. The Morgan fingerprint density at radius 1 is 1.67 bits per heavy atom. The summed E-state index contributed by atoms with van der Waals surface area (Å²) in [7, 11) is 0. The molecule has 0 aliphatic heterocycles. The van der Waals surface area contributed by atoms with Crippen LogP contribution in [0.3, 0.4) is 0 Å². The lowest BCUT2D eigenvalue weighted by atomic mass is 9.73. The van der Waals surface area contributed by atoms with Crippen LogP contribution in [-0.4, -0.2) is 22.0 Å². The number of nitriles is 1. The van der Waals surface area contributed by atoms with Crippen molar-refractivity contribution in [2.75, 3.05) is 11.9 Å². The molecule has 1 aliphatic carbocycles. The van der Waals surface area contributed by atoms with Gasteiger partial charge in [0.15, 0.2) is 0 Å². The number of rotatable bonds is 4. The molecule has 1 aromatic rings. The molecule has 0 spiro atoms. The third-order valence-electron chi connectivity index (χ3n) is 4.41. The molecule has 21 heavy (non-hydrogen) atoms. The fraction of sp³-hybridized carbons (Fsp3) is 0.571. The average molecular weight is 289 g/mol. The molecule has 2 rings (SSSR count). The standard InChI is InChI=1S/C14H19N5O2/c1-10-4-2-3-6-14(10,9-16)18-13-12(19(20)21)11(8-15)5-7-17-13/h5,7,10H,2-4,6,9,16H2,1H3,(H,17,18). The Kier molecular flexibility index (Phi) is 4.38. The predicted octanol–water partition coefficient (Wildman–Crippen LogP) is 2.18. The topological polar surface area (TPSA) is 118 Å². The Morgan fingerprint density at radius 2 is 2.43 bits per heavy atom. The van der Waals surface area contributed by atoms with Gasteiger partial charge in [0.1, 0.15) is 11.6 Å². The maximum atomic E-state index is 11.3. The fourth-order valence-corrected chi connectivity index (χ4v) is 3.01. The number of hydrogen-bond donors (Lipinski definition) is 2. The Morgan fingerprint density at radius 3 is 3.00 bits per heavy atom. The van der Waals surface area contributed by atoms with Crippen molar-refractivity contribution in [1.82, 2.24) is 4.98 Å². The molecule has 1 heterocycles. The summed E-state index contributed by atoms with van der Waals surface area (Å²) in [6, 6.07) is 3.19. The minimum Gasteiger partial charge on any atom is -0.357 e. The molecule has 112 valence electrons. The van der Waals surface area contributed by atoms with Crippen LogP contribution in [0.2, 0.25) is 0 Å². The van der Waals surface area contributed by atoms with Gasteiger partial charge in [0.05, 0.1) is 10.5 Å². The van der Waals surface area contributed by atoms with Crippen LogP contribution in [0.25, 0.3) is 0 Å². The molecule has 0 bridgehead atoms. The van der Waals surface area contributed by atoms with Crippen LogP contribution in [0, 0.1) is 27.4 Å². The van der Waals surface area contributed by atoms with Gasteiger partial charge in [-0.3, -0.25) is 10.1 Å². The number of pyridine rings is 1. The Balaban J connectivity index is 2.43. The van der Waals surface area contributed by atoms with Gasteiger partial charge in [0, 0.05) is 12.7 Å². The molecule has 2 unspecified atom stereocenters. The van der Waals surface area contributed by atoms with Crippen molar-refractivity contribution in [3.05, 3.63) is 27.9 Å². The van der Waals surface area contributed by atoms with E-state index in [1.807, 2.05) is 6.07 Å². The zero-order valence-corrected chi connectivity index (χ0v) is 12.0. The number of nitrogens with zero attached hydrogens (tertiary/aromatic N) is 3. The van der Waals surface area contributed by atoms with E-state index in [-0.39, 0.29) is 17.1 Å². The normalized spacial score (nSPS) is 25.1. The maximum absolute atomic E-state index is 11.3. The Hall–Kier alpha value is -2.20. The van der Waals surface area contributed by atoms with Crippen LogP contribution < -0.4 is 11.1 Å². The number of hydrogen-bond acceptors (Lipinski definition) is 6. The number of nitrogens with one attached hydrogen (secondary N) is 1. The average Bonchev–Trinajstić information content (AvgIpc) is 2.49. The first-order valence-electron chi connectivity index (χ1n) is 7.06. The Bertz CT molecular complexity index is 583. The number of nitrogens with two attached hydrogens (primary N) is 1. The van der Waals surface area contributed by atoms with Crippen molar-refractivity contribution >= 4 is 11.5 Å². The highest BCUT2D eigenvalue weighted by Gasteiger charge is 2.39. The van der Waals surface area contributed by atoms with Gasteiger partial charge in [-0.2, -0.15) is 5.26 Å². The zero-order valence-electron chi connectivity index (χ0n) is 12.0. The smallest absolute Gasteiger partial charge is 0.328 e. The molecule has 0 saturated heterocycles. The van der Waals surface area contributed by atoms with Gasteiger partial charge in [-0.25, -0.2) is 4.98 Å². The van der Waals surface area contributed by atoms with Crippen molar-refractivity contribution in [3.63, 3.8) is 0 Å². The van der Waals surface area contributed by atoms with Crippen LogP contribution in [0.15, 0.2) is 12.3 Å². The second-order valence-electron chi connectivity index (χ2n) is 5.56. The van der Waals surface area contributed by atoms with E-state index in [4.69, 9.17) is 11.0 Å². The summed E-state index contributed by atoms with van der Waals surface area (Å²) in [5.41, 5.74) is 5.28. The van der Waals surface area contributed by atoms with Crippen molar-refractivity contribution in [3.8, 4) is 6.07 Å². The second-order valence-corrected chi connectivity index (χ2v) is 5.56. The molecule has 0 radical (unpaired) electrons. The molecule has 1 fully saturated rings. The highest BCUT2D eigenvalue weighted by molar-refractivity contribution is 5.65. The van der Waals surface area contributed by atoms with Crippen LogP contribution in [-0.2, 0) is 0 Å². The van der Waals surface area contributed by atoms with Gasteiger partial charge in [0.25, 0.3) is 0 Å². The molecule has 2 atom stereocenters. The monoisotopic (exact) mass is 289 g/mol. The van der Waals surface area contributed by atoms with E-state index >= 15 is 0 Å². The summed E-state index contributed by atoms with van der Waals surface area (Å²) in [6.45, 7) is 2.47. The van der Waals surface area contributed by atoms with E-state index in [2.05, 4.69) is 17.2 Å². The maximum Gasteiger partial charge on any atom is 0.328 e. The first-order chi connectivity index (χ1) is 10.0. The summed E-state index contributed by atoms with van der Waals surface area (Å²) in [5.74, 6) is 0.432. The molecule has 0 aromatic carbocycles. The van der Waals surface area contributed by atoms with Crippen LogP contribution in [0.4, 0.5) is 11.5 Å². The van der Waals surface area contributed by atoms with Gasteiger partial charge in [0.2, 0.25) is 5.82 Å². The second kappa shape index (κ2) is 6.06. The van der Waals surface area contributed by atoms with E-state index in [1.165, 1.54) is 12.3 Å².